The van der Waals surface area contributed by atoms with Crippen LogP contribution in [0.25, 0.3) is 0 Å². The molecule has 0 saturated heterocycles. The van der Waals surface area contributed by atoms with Crippen LogP contribution in [-0.2, 0) is 9.53 Å². The van der Waals surface area contributed by atoms with Crippen LogP contribution in [-0.4, -0.2) is 30.8 Å². The van der Waals surface area contributed by atoms with E-state index in [0.29, 0.717) is 12.1 Å². The molecule has 0 radical (unpaired) electrons. The van der Waals surface area contributed by atoms with Crippen molar-refractivity contribution in [2.24, 2.45) is 0 Å². The zero-order chi connectivity index (χ0) is 12.7. The zero-order valence-electron chi connectivity index (χ0n) is 10.2. The summed E-state index contributed by atoms with van der Waals surface area (Å²) in [5.74, 6) is -0.375. The van der Waals surface area contributed by atoms with Crippen LogP contribution in [0, 0.1) is 0 Å². The summed E-state index contributed by atoms with van der Waals surface area (Å²) in [4.78, 5) is 11.6. The number of aliphatic hydroxyl groups is 1. The van der Waals surface area contributed by atoms with Gasteiger partial charge in [0, 0.05) is 13.7 Å². The van der Waals surface area contributed by atoms with Crippen molar-refractivity contribution >= 4 is 5.91 Å². The molecule has 0 unspecified atom stereocenters. The first kappa shape index (κ1) is 13.7. The van der Waals surface area contributed by atoms with Gasteiger partial charge in [-0.3, -0.25) is 4.79 Å². The molecule has 1 rings (SSSR count). The van der Waals surface area contributed by atoms with E-state index in [9.17, 15) is 9.90 Å². The number of aliphatic hydroxyl groups excluding tert-OH is 1. The number of amides is 1. The molecule has 0 aliphatic carbocycles. The molecule has 1 aromatic carbocycles. The third-order valence-electron chi connectivity index (χ3n) is 2.62. The lowest BCUT2D eigenvalue weighted by atomic mass is 10.1. The second kappa shape index (κ2) is 7.04. The lowest BCUT2D eigenvalue weighted by Crippen LogP contribution is -2.31. The van der Waals surface area contributed by atoms with Crippen LogP contribution in [0.15, 0.2) is 30.3 Å². The predicted molar refractivity (Wildman–Crippen MR) is 65.5 cm³/mol. The second-order valence-corrected chi connectivity index (χ2v) is 3.94. The summed E-state index contributed by atoms with van der Waals surface area (Å²) < 4.78 is 5.06. The summed E-state index contributed by atoms with van der Waals surface area (Å²) >= 11 is 0. The van der Waals surface area contributed by atoms with E-state index in [2.05, 4.69) is 5.32 Å². The van der Waals surface area contributed by atoms with Crippen molar-refractivity contribution in [2.45, 2.75) is 25.6 Å². The van der Waals surface area contributed by atoms with Gasteiger partial charge in [0.1, 0.15) is 0 Å². The largest absolute Gasteiger partial charge is 0.382 e. The Morgan fingerprint density at radius 3 is 2.65 bits per heavy atom. The van der Waals surface area contributed by atoms with Crippen LogP contribution in [0.5, 0.6) is 0 Å². The molecule has 0 bridgehead atoms. The summed E-state index contributed by atoms with van der Waals surface area (Å²) in [7, 11) is 1.63. The van der Waals surface area contributed by atoms with E-state index in [0.717, 1.165) is 6.42 Å². The number of hydrogen-bond acceptors (Lipinski definition) is 3. The topological polar surface area (TPSA) is 58.6 Å². The fraction of sp³-hybridized carbons (Fsp3) is 0.462. The molecular formula is C13H19NO3. The van der Waals surface area contributed by atoms with Gasteiger partial charge in [-0.15, -0.1) is 0 Å². The predicted octanol–water partition coefficient (Wildman–Crippen LogP) is 1.26. The highest BCUT2D eigenvalue weighted by Crippen LogP contribution is 2.11. The van der Waals surface area contributed by atoms with Crippen molar-refractivity contribution in [3.8, 4) is 0 Å². The van der Waals surface area contributed by atoms with Crippen LogP contribution >= 0.6 is 0 Å². The van der Waals surface area contributed by atoms with Gasteiger partial charge < -0.3 is 15.2 Å². The maximum Gasteiger partial charge on any atom is 0.253 e. The van der Waals surface area contributed by atoms with Crippen LogP contribution in [0.2, 0.25) is 0 Å². The Kier molecular flexibility index (Phi) is 5.66. The van der Waals surface area contributed by atoms with Crippen LogP contribution < -0.4 is 5.32 Å². The normalized spacial score (nSPS) is 14.1. The molecule has 0 spiro atoms. The maximum absolute atomic E-state index is 11.6. The van der Waals surface area contributed by atoms with Crippen LogP contribution in [0.4, 0.5) is 0 Å². The molecule has 2 N–H and O–H groups in total. The number of hydrogen-bond donors (Lipinski definition) is 2. The van der Waals surface area contributed by atoms with E-state index >= 15 is 0 Å². The second-order valence-electron chi connectivity index (χ2n) is 3.94. The molecule has 0 aliphatic heterocycles. The summed E-state index contributed by atoms with van der Waals surface area (Å²) in [6, 6.07) is 8.87. The standard InChI is InChI=1S/C13H19NO3/c1-10(17-2)8-9-14-13(16)12(15)11-6-4-3-5-7-11/h3-7,10,12,15H,8-9H2,1-2H3,(H,14,16)/t10-,12-/m0/s1. The fourth-order valence-corrected chi connectivity index (χ4v) is 1.40. The van der Waals surface area contributed by atoms with Crippen molar-refractivity contribution in [1.29, 1.82) is 0 Å². The zero-order valence-corrected chi connectivity index (χ0v) is 10.2. The van der Waals surface area contributed by atoms with Crippen molar-refractivity contribution in [1.82, 2.24) is 5.32 Å². The van der Waals surface area contributed by atoms with Gasteiger partial charge >= 0.3 is 0 Å². The van der Waals surface area contributed by atoms with Gasteiger partial charge in [-0.1, -0.05) is 30.3 Å². The molecule has 4 heteroatoms. The highest BCUT2D eigenvalue weighted by molar-refractivity contribution is 5.81. The Hall–Kier alpha value is -1.39. The van der Waals surface area contributed by atoms with E-state index in [1.807, 2.05) is 13.0 Å². The Balaban J connectivity index is 2.38. The minimum absolute atomic E-state index is 0.101. The number of ether oxygens (including phenoxy) is 1. The average Bonchev–Trinajstić information content (AvgIpc) is 2.38. The molecule has 4 nitrogen and oxygen atoms in total. The number of methoxy groups -OCH3 is 1. The van der Waals surface area contributed by atoms with Gasteiger partial charge in [-0.05, 0) is 18.9 Å². The third-order valence-corrected chi connectivity index (χ3v) is 2.62. The third kappa shape index (κ3) is 4.54. The van der Waals surface area contributed by atoms with E-state index in [-0.39, 0.29) is 12.0 Å². The summed E-state index contributed by atoms with van der Waals surface area (Å²) in [6.07, 6.45) is -0.276. The number of carbonyl (C=O) groups excluding carboxylic acids is 1. The molecule has 2 atom stereocenters. The van der Waals surface area contributed by atoms with Crippen molar-refractivity contribution in [3.05, 3.63) is 35.9 Å². The molecule has 94 valence electrons. The SMILES string of the molecule is CO[C@@H](C)CCNC(=O)[C@@H](O)c1ccccc1. The molecule has 1 amide bonds. The monoisotopic (exact) mass is 237 g/mol. The Bertz CT molecular complexity index is 340. The van der Waals surface area contributed by atoms with E-state index in [1.165, 1.54) is 0 Å². The van der Waals surface area contributed by atoms with Crippen molar-refractivity contribution < 1.29 is 14.6 Å². The summed E-state index contributed by atoms with van der Waals surface area (Å²) in [6.45, 7) is 2.43. The maximum atomic E-state index is 11.6. The highest BCUT2D eigenvalue weighted by atomic mass is 16.5. The van der Waals surface area contributed by atoms with Gasteiger partial charge in [0.25, 0.3) is 5.91 Å². The van der Waals surface area contributed by atoms with Crippen molar-refractivity contribution in [2.75, 3.05) is 13.7 Å². The highest BCUT2D eigenvalue weighted by Gasteiger charge is 2.16. The van der Waals surface area contributed by atoms with Crippen LogP contribution in [0.3, 0.4) is 0 Å². The molecule has 17 heavy (non-hydrogen) atoms. The van der Waals surface area contributed by atoms with Gasteiger partial charge in [-0.2, -0.15) is 0 Å². The smallest absolute Gasteiger partial charge is 0.253 e. The average molecular weight is 237 g/mol. The Morgan fingerprint density at radius 1 is 1.41 bits per heavy atom. The number of benzene rings is 1. The van der Waals surface area contributed by atoms with Crippen molar-refractivity contribution in [3.63, 3.8) is 0 Å². The molecule has 0 aliphatic rings. The van der Waals surface area contributed by atoms with Gasteiger partial charge in [0.2, 0.25) is 0 Å². The van der Waals surface area contributed by atoms with E-state index < -0.39 is 6.10 Å². The molecule has 0 heterocycles. The minimum Gasteiger partial charge on any atom is -0.382 e. The van der Waals surface area contributed by atoms with E-state index in [1.54, 1.807) is 31.4 Å². The quantitative estimate of drug-likeness (QED) is 0.783. The first-order chi connectivity index (χ1) is 8.15. The number of nitrogens with one attached hydrogen (secondary N) is 1. The van der Waals surface area contributed by atoms with Gasteiger partial charge in [-0.25, -0.2) is 0 Å². The van der Waals surface area contributed by atoms with Gasteiger partial charge in [0.05, 0.1) is 6.10 Å². The Labute approximate surface area is 102 Å². The first-order valence-corrected chi connectivity index (χ1v) is 5.68. The first-order valence-electron chi connectivity index (χ1n) is 5.68. The molecule has 0 aromatic heterocycles. The Morgan fingerprint density at radius 2 is 2.06 bits per heavy atom. The van der Waals surface area contributed by atoms with Gasteiger partial charge in [0.15, 0.2) is 6.10 Å². The lowest BCUT2D eigenvalue weighted by Gasteiger charge is -2.13. The lowest BCUT2D eigenvalue weighted by molar-refractivity contribution is -0.129. The molecular weight excluding hydrogens is 218 g/mol. The summed E-state index contributed by atoms with van der Waals surface area (Å²) in [5.41, 5.74) is 0.602. The molecule has 0 fully saturated rings. The molecule has 0 saturated carbocycles. The summed E-state index contributed by atoms with van der Waals surface area (Å²) in [5, 5.41) is 12.4. The number of carbonyl (C=O) groups is 1. The fourth-order valence-electron chi connectivity index (χ4n) is 1.40. The minimum atomic E-state index is -1.10. The van der Waals surface area contributed by atoms with E-state index in [4.69, 9.17) is 4.74 Å². The van der Waals surface area contributed by atoms with Crippen LogP contribution in [0.1, 0.15) is 25.0 Å². The molecule has 1 aromatic rings. The number of rotatable bonds is 6.